The number of carbonyl (C=O) groups excluding carboxylic acids is 2. The molecular formula is C59H107NO5. The van der Waals surface area contributed by atoms with E-state index in [4.69, 9.17) is 4.74 Å². The van der Waals surface area contributed by atoms with Crippen molar-refractivity contribution < 1.29 is 24.5 Å². The highest BCUT2D eigenvalue weighted by molar-refractivity contribution is 5.77. The number of aliphatic hydroxyl groups excluding tert-OH is 2. The summed E-state index contributed by atoms with van der Waals surface area (Å²) in [4.78, 5) is 26.2. The summed E-state index contributed by atoms with van der Waals surface area (Å²) in [6.45, 7) is 6.41. The number of unbranched alkanes of at least 4 members (excludes halogenated alkanes) is 32. The summed E-state index contributed by atoms with van der Waals surface area (Å²) in [6.07, 6.45) is 65.6. The molecule has 0 heterocycles. The Hall–Kier alpha value is -2.44. The lowest BCUT2D eigenvalue weighted by Gasteiger charge is -2.24. The van der Waals surface area contributed by atoms with E-state index in [9.17, 15) is 19.8 Å². The van der Waals surface area contributed by atoms with Crippen molar-refractivity contribution in [3.63, 3.8) is 0 Å². The van der Waals surface area contributed by atoms with Gasteiger partial charge in [0.05, 0.1) is 25.2 Å². The highest BCUT2D eigenvalue weighted by Crippen LogP contribution is 2.19. The monoisotopic (exact) mass is 910 g/mol. The van der Waals surface area contributed by atoms with Crippen LogP contribution in [0.5, 0.6) is 0 Å². The molecule has 0 aromatic heterocycles. The van der Waals surface area contributed by atoms with Crippen molar-refractivity contribution in [3.8, 4) is 0 Å². The molecule has 3 atom stereocenters. The van der Waals surface area contributed by atoms with Crippen LogP contribution in [0, 0.1) is 0 Å². The van der Waals surface area contributed by atoms with Gasteiger partial charge in [-0.2, -0.15) is 0 Å². The number of hydrogen-bond donors (Lipinski definition) is 3. The molecule has 1 amide bonds. The van der Waals surface area contributed by atoms with Gasteiger partial charge in [0, 0.05) is 6.42 Å². The standard InChI is InChI=1S/C59H107NO5/c1-4-7-10-13-16-19-22-24-26-28-30-32-34-37-40-43-46-49-52-59(64)65-55(50-47-44-41-38-36-33-31-29-27-25-23-20-17-14-11-8-5-2)53-58(63)60-56(54-61)57(62)51-48-45-42-39-35-21-18-15-12-9-6-3/h10,13,16,19,22,24,26,28,30,32,55-57,61-62H,4-9,11-12,14-15,17-18,20-21,23,25,27,29,31,33-54H2,1-3H3,(H,60,63)/b13-10+,19-16+,24-22+,28-26+,32-30+. The van der Waals surface area contributed by atoms with Crippen molar-refractivity contribution in [3.05, 3.63) is 60.8 Å². The van der Waals surface area contributed by atoms with E-state index in [-0.39, 0.29) is 24.9 Å². The predicted octanol–water partition coefficient (Wildman–Crippen LogP) is 17.2. The van der Waals surface area contributed by atoms with E-state index in [0.717, 1.165) is 77.0 Å². The molecule has 378 valence electrons. The molecule has 0 bridgehead atoms. The molecule has 0 radical (unpaired) electrons. The highest BCUT2D eigenvalue weighted by atomic mass is 16.5. The maximum atomic E-state index is 13.2. The Kier molecular flexibility index (Phi) is 50.6. The molecule has 65 heavy (non-hydrogen) atoms. The van der Waals surface area contributed by atoms with E-state index >= 15 is 0 Å². The third-order valence-electron chi connectivity index (χ3n) is 12.7. The smallest absolute Gasteiger partial charge is 0.306 e. The number of ether oxygens (including phenoxy) is 1. The van der Waals surface area contributed by atoms with Gasteiger partial charge in [-0.05, 0) is 44.9 Å². The molecule has 0 saturated heterocycles. The van der Waals surface area contributed by atoms with Crippen LogP contribution in [0.1, 0.15) is 278 Å². The van der Waals surface area contributed by atoms with Crippen molar-refractivity contribution in [1.82, 2.24) is 5.32 Å². The van der Waals surface area contributed by atoms with Gasteiger partial charge in [-0.1, -0.05) is 281 Å². The Morgan fingerprint density at radius 1 is 0.446 bits per heavy atom. The zero-order chi connectivity index (χ0) is 47.4. The number of carbonyl (C=O) groups is 2. The highest BCUT2D eigenvalue weighted by Gasteiger charge is 2.24. The van der Waals surface area contributed by atoms with Crippen LogP contribution in [0.15, 0.2) is 60.8 Å². The number of hydrogen-bond acceptors (Lipinski definition) is 5. The van der Waals surface area contributed by atoms with Gasteiger partial charge in [0.1, 0.15) is 6.10 Å². The summed E-state index contributed by atoms with van der Waals surface area (Å²) < 4.78 is 5.95. The Morgan fingerprint density at radius 3 is 1.25 bits per heavy atom. The Balaban J connectivity index is 4.61. The summed E-state index contributed by atoms with van der Waals surface area (Å²) in [5.74, 6) is -0.493. The average molecular weight is 911 g/mol. The van der Waals surface area contributed by atoms with Crippen LogP contribution in [-0.2, 0) is 14.3 Å². The van der Waals surface area contributed by atoms with Crippen molar-refractivity contribution in [1.29, 1.82) is 0 Å². The zero-order valence-corrected chi connectivity index (χ0v) is 43.1. The second-order valence-electron chi connectivity index (χ2n) is 19.1. The van der Waals surface area contributed by atoms with E-state index in [1.807, 2.05) is 24.3 Å². The van der Waals surface area contributed by atoms with Crippen LogP contribution >= 0.6 is 0 Å². The second-order valence-corrected chi connectivity index (χ2v) is 19.1. The zero-order valence-electron chi connectivity index (χ0n) is 43.1. The average Bonchev–Trinajstić information content (AvgIpc) is 3.30. The van der Waals surface area contributed by atoms with Gasteiger partial charge in [0.2, 0.25) is 5.91 Å². The molecule has 0 aromatic rings. The molecule has 0 rings (SSSR count). The van der Waals surface area contributed by atoms with E-state index in [1.165, 1.54) is 154 Å². The van der Waals surface area contributed by atoms with Crippen molar-refractivity contribution in [2.24, 2.45) is 0 Å². The Morgan fingerprint density at radius 2 is 0.815 bits per heavy atom. The molecule has 3 unspecified atom stereocenters. The summed E-state index contributed by atoms with van der Waals surface area (Å²) in [5, 5.41) is 23.8. The van der Waals surface area contributed by atoms with Gasteiger partial charge in [0.25, 0.3) is 0 Å². The first-order valence-electron chi connectivity index (χ1n) is 28.1. The number of aliphatic hydroxyl groups is 2. The first-order chi connectivity index (χ1) is 32.0. The second kappa shape index (κ2) is 52.5. The number of rotatable bonds is 50. The fourth-order valence-electron chi connectivity index (χ4n) is 8.46. The van der Waals surface area contributed by atoms with Crippen LogP contribution in [0.25, 0.3) is 0 Å². The minimum atomic E-state index is -0.792. The van der Waals surface area contributed by atoms with E-state index in [2.05, 4.69) is 62.5 Å². The molecule has 6 nitrogen and oxygen atoms in total. The number of amides is 1. The fraction of sp³-hybridized carbons (Fsp3) is 0.797. The predicted molar refractivity (Wildman–Crippen MR) is 282 cm³/mol. The summed E-state index contributed by atoms with van der Waals surface area (Å²) in [5.41, 5.74) is 0. The van der Waals surface area contributed by atoms with Crippen LogP contribution in [0.3, 0.4) is 0 Å². The lowest BCUT2D eigenvalue weighted by molar-refractivity contribution is -0.151. The van der Waals surface area contributed by atoms with Gasteiger partial charge in [0.15, 0.2) is 0 Å². The van der Waals surface area contributed by atoms with E-state index in [0.29, 0.717) is 19.3 Å². The molecule has 0 fully saturated rings. The quantitative estimate of drug-likeness (QED) is 0.0321. The Bertz CT molecular complexity index is 1160. The fourth-order valence-corrected chi connectivity index (χ4v) is 8.46. The van der Waals surface area contributed by atoms with Crippen LogP contribution < -0.4 is 5.32 Å². The van der Waals surface area contributed by atoms with Crippen molar-refractivity contribution >= 4 is 11.9 Å². The third kappa shape index (κ3) is 47.8. The van der Waals surface area contributed by atoms with E-state index in [1.54, 1.807) is 0 Å². The topological polar surface area (TPSA) is 95.9 Å². The Labute approximate surface area is 403 Å². The minimum Gasteiger partial charge on any atom is -0.462 e. The van der Waals surface area contributed by atoms with Crippen LogP contribution in [0.4, 0.5) is 0 Å². The SMILES string of the molecule is CCC/C=C/C=C/C=C/C=C/C=C/CCCCCCCC(=O)OC(CCCCCCCCCCCCCCCCCCC)CC(=O)NC(CO)C(O)CCCCCCCCCCCCC. The summed E-state index contributed by atoms with van der Waals surface area (Å²) in [7, 11) is 0. The summed E-state index contributed by atoms with van der Waals surface area (Å²) >= 11 is 0. The molecular weight excluding hydrogens is 803 g/mol. The number of nitrogens with one attached hydrogen (secondary N) is 1. The number of esters is 1. The molecule has 0 aromatic carbocycles. The van der Waals surface area contributed by atoms with E-state index < -0.39 is 18.2 Å². The first-order valence-corrected chi connectivity index (χ1v) is 28.1. The molecule has 0 aliphatic carbocycles. The molecule has 0 aliphatic heterocycles. The largest absolute Gasteiger partial charge is 0.462 e. The maximum Gasteiger partial charge on any atom is 0.306 e. The van der Waals surface area contributed by atoms with Gasteiger partial charge in [-0.25, -0.2) is 0 Å². The van der Waals surface area contributed by atoms with Gasteiger partial charge >= 0.3 is 5.97 Å². The number of allylic oxidation sites excluding steroid dienone is 10. The van der Waals surface area contributed by atoms with Gasteiger partial charge < -0.3 is 20.3 Å². The van der Waals surface area contributed by atoms with Crippen LogP contribution in [0.2, 0.25) is 0 Å². The molecule has 0 aliphatic rings. The lowest BCUT2D eigenvalue weighted by Crippen LogP contribution is -2.46. The molecule has 0 spiro atoms. The van der Waals surface area contributed by atoms with Gasteiger partial charge in [-0.15, -0.1) is 0 Å². The van der Waals surface area contributed by atoms with Crippen molar-refractivity contribution in [2.75, 3.05) is 6.61 Å². The normalized spacial score (nSPS) is 13.6. The third-order valence-corrected chi connectivity index (χ3v) is 12.7. The maximum absolute atomic E-state index is 13.2. The van der Waals surface area contributed by atoms with Crippen LogP contribution in [-0.4, -0.2) is 46.9 Å². The molecule has 6 heteroatoms. The summed E-state index contributed by atoms with van der Waals surface area (Å²) in [6, 6.07) is -0.707. The molecule has 0 saturated carbocycles. The van der Waals surface area contributed by atoms with Crippen molar-refractivity contribution in [2.45, 2.75) is 296 Å². The lowest BCUT2D eigenvalue weighted by atomic mass is 10.0. The molecule has 3 N–H and O–H groups in total. The minimum absolute atomic E-state index is 0.0685. The van der Waals surface area contributed by atoms with Gasteiger partial charge in [-0.3, -0.25) is 9.59 Å². The first kappa shape index (κ1) is 62.6.